The standard InChI is InChI=1S/C14H17ClN2O2/c15-10-3-4-16-12(6-10)14(19)17-13-9-2-1-8(5-9)11(13)7-18/h3-4,6,8-9,11,13,18H,1-2,5,7H2,(H,17,19). The quantitative estimate of drug-likeness (QED) is 0.888. The molecule has 3 rings (SSSR count). The second-order valence-corrected chi connectivity index (χ2v) is 5.97. The fourth-order valence-corrected chi connectivity index (χ4v) is 3.81. The third-order valence-corrected chi connectivity index (χ3v) is 4.79. The average Bonchev–Trinajstić information content (AvgIpc) is 2.99. The van der Waals surface area contributed by atoms with Crippen molar-refractivity contribution < 1.29 is 9.90 Å². The number of rotatable bonds is 3. The summed E-state index contributed by atoms with van der Waals surface area (Å²) in [6, 6.07) is 3.29. The molecular weight excluding hydrogens is 264 g/mol. The first kappa shape index (κ1) is 12.9. The molecule has 1 aromatic rings. The molecule has 2 fully saturated rings. The zero-order valence-electron chi connectivity index (χ0n) is 10.6. The molecule has 1 heterocycles. The SMILES string of the molecule is O=C(NC1C2CCC(C2)C1CO)c1cc(Cl)ccn1. The van der Waals surface area contributed by atoms with Gasteiger partial charge < -0.3 is 10.4 Å². The zero-order valence-corrected chi connectivity index (χ0v) is 11.3. The van der Waals surface area contributed by atoms with E-state index in [1.807, 2.05) is 0 Å². The first-order valence-corrected chi connectivity index (χ1v) is 7.10. The number of pyridine rings is 1. The van der Waals surface area contributed by atoms with Crippen LogP contribution >= 0.6 is 11.6 Å². The van der Waals surface area contributed by atoms with Gasteiger partial charge in [-0.2, -0.15) is 0 Å². The van der Waals surface area contributed by atoms with Crippen molar-refractivity contribution in [3.8, 4) is 0 Å². The van der Waals surface area contributed by atoms with Crippen molar-refractivity contribution in [2.45, 2.75) is 25.3 Å². The second-order valence-electron chi connectivity index (χ2n) is 5.54. The van der Waals surface area contributed by atoms with Gasteiger partial charge in [-0.3, -0.25) is 9.78 Å². The van der Waals surface area contributed by atoms with Gasteiger partial charge in [-0.1, -0.05) is 11.6 Å². The molecule has 1 amide bonds. The summed E-state index contributed by atoms with van der Waals surface area (Å²) in [5.74, 6) is 1.07. The molecular formula is C14H17ClN2O2. The Labute approximate surface area is 117 Å². The molecule has 4 atom stereocenters. The minimum Gasteiger partial charge on any atom is -0.396 e. The number of aliphatic hydroxyl groups excluding tert-OH is 1. The predicted octanol–water partition coefficient (Wildman–Crippen LogP) is 1.87. The van der Waals surface area contributed by atoms with Crippen molar-refractivity contribution in [1.82, 2.24) is 10.3 Å². The highest BCUT2D eigenvalue weighted by Crippen LogP contribution is 2.48. The highest BCUT2D eigenvalue weighted by Gasteiger charge is 2.47. The first-order valence-electron chi connectivity index (χ1n) is 6.72. The maximum atomic E-state index is 12.2. The summed E-state index contributed by atoms with van der Waals surface area (Å²) in [5.41, 5.74) is 0.340. The summed E-state index contributed by atoms with van der Waals surface area (Å²) in [7, 11) is 0. The van der Waals surface area contributed by atoms with Crippen LogP contribution in [0, 0.1) is 17.8 Å². The summed E-state index contributed by atoms with van der Waals surface area (Å²) in [5, 5.41) is 13.0. The number of amides is 1. The van der Waals surface area contributed by atoms with Crippen molar-refractivity contribution >= 4 is 17.5 Å². The molecule has 5 heteroatoms. The molecule has 0 aliphatic heterocycles. The Kier molecular flexibility index (Phi) is 3.46. The van der Waals surface area contributed by atoms with Gasteiger partial charge in [-0.25, -0.2) is 0 Å². The summed E-state index contributed by atoms with van der Waals surface area (Å²) in [6.45, 7) is 0.148. The number of carbonyl (C=O) groups excluding carboxylic acids is 1. The van der Waals surface area contributed by atoms with Gasteiger partial charge in [0.2, 0.25) is 0 Å². The minimum atomic E-state index is -0.196. The molecule has 102 valence electrons. The fraction of sp³-hybridized carbons (Fsp3) is 0.571. The number of hydrogen-bond acceptors (Lipinski definition) is 3. The van der Waals surface area contributed by atoms with E-state index in [0.717, 1.165) is 12.8 Å². The molecule has 2 aliphatic carbocycles. The lowest BCUT2D eigenvalue weighted by atomic mass is 9.85. The Morgan fingerprint density at radius 1 is 1.47 bits per heavy atom. The van der Waals surface area contributed by atoms with E-state index in [4.69, 9.17) is 11.6 Å². The number of carbonyl (C=O) groups is 1. The third kappa shape index (κ3) is 2.35. The molecule has 4 unspecified atom stereocenters. The maximum Gasteiger partial charge on any atom is 0.270 e. The number of aromatic nitrogens is 1. The number of nitrogens with one attached hydrogen (secondary N) is 1. The smallest absolute Gasteiger partial charge is 0.270 e. The van der Waals surface area contributed by atoms with Gasteiger partial charge in [0.25, 0.3) is 5.91 Å². The predicted molar refractivity (Wildman–Crippen MR) is 71.9 cm³/mol. The van der Waals surface area contributed by atoms with Crippen molar-refractivity contribution in [3.63, 3.8) is 0 Å². The van der Waals surface area contributed by atoms with E-state index in [1.54, 1.807) is 12.1 Å². The fourth-order valence-electron chi connectivity index (χ4n) is 3.65. The molecule has 0 radical (unpaired) electrons. The average molecular weight is 281 g/mol. The van der Waals surface area contributed by atoms with Gasteiger partial charge in [0.05, 0.1) is 0 Å². The van der Waals surface area contributed by atoms with E-state index in [0.29, 0.717) is 22.6 Å². The molecule has 0 aromatic carbocycles. The van der Waals surface area contributed by atoms with E-state index in [2.05, 4.69) is 10.3 Å². The topological polar surface area (TPSA) is 62.2 Å². The van der Waals surface area contributed by atoms with Crippen LogP contribution in [0.4, 0.5) is 0 Å². The van der Waals surface area contributed by atoms with E-state index in [1.165, 1.54) is 12.6 Å². The molecule has 2 bridgehead atoms. The van der Waals surface area contributed by atoms with Crippen LogP contribution in [0.1, 0.15) is 29.8 Å². The van der Waals surface area contributed by atoms with E-state index in [9.17, 15) is 9.90 Å². The van der Waals surface area contributed by atoms with Gasteiger partial charge >= 0.3 is 0 Å². The van der Waals surface area contributed by atoms with Crippen molar-refractivity contribution in [3.05, 3.63) is 29.0 Å². The van der Waals surface area contributed by atoms with Gasteiger partial charge in [-0.15, -0.1) is 0 Å². The van der Waals surface area contributed by atoms with Crippen LogP contribution in [0.15, 0.2) is 18.3 Å². The van der Waals surface area contributed by atoms with E-state index in [-0.39, 0.29) is 24.5 Å². The van der Waals surface area contributed by atoms with Crippen LogP contribution in [0.2, 0.25) is 5.02 Å². The van der Waals surface area contributed by atoms with Crippen molar-refractivity contribution in [2.24, 2.45) is 17.8 Å². The molecule has 2 N–H and O–H groups in total. The molecule has 0 spiro atoms. The maximum absolute atomic E-state index is 12.2. The molecule has 4 nitrogen and oxygen atoms in total. The number of nitrogens with zero attached hydrogens (tertiary/aromatic N) is 1. The first-order chi connectivity index (χ1) is 9.19. The lowest BCUT2D eigenvalue weighted by Crippen LogP contribution is -2.45. The van der Waals surface area contributed by atoms with Crippen LogP contribution in [0.5, 0.6) is 0 Å². The molecule has 2 saturated carbocycles. The van der Waals surface area contributed by atoms with Crippen molar-refractivity contribution in [2.75, 3.05) is 6.61 Å². The molecule has 2 aliphatic rings. The van der Waals surface area contributed by atoms with Crippen LogP contribution in [0.3, 0.4) is 0 Å². The van der Waals surface area contributed by atoms with Gasteiger partial charge in [0.15, 0.2) is 0 Å². The number of hydrogen-bond donors (Lipinski definition) is 2. The van der Waals surface area contributed by atoms with Gasteiger partial charge in [0, 0.05) is 29.8 Å². The van der Waals surface area contributed by atoms with Crippen LogP contribution in [0.25, 0.3) is 0 Å². The van der Waals surface area contributed by atoms with Crippen LogP contribution in [-0.4, -0.2) is 28.6 Å². The molecule has 19 heavy (non-hydrogen) atoms. The highest BCUT2D eigenvalue weighted by atomic mass is 35.5. The largest absolute Gasteiger partial charge is 0.396 e. The Morgan fingerprint density at radius 2 is 2.26 bits per heavy atom. The summed E-state index contributed by atoms with van der Waals surface area (Å²) in [6.07, 6.45) is 4.98. The van der Waals surface area contributed by atoms with Crippen molar-refractivity contribution in [1.29, 1.82) is 0 Å². The lowest BCUT2D eigenvalue weighted by Gasteiger charge is -2.30. The number of aliphatic hydroxyl groups is 1. The Bertz CT molecular complexity index is 494. The van der Waals surface area contributed by atoms with E-state index < -0.39 is 0 Å². The Morgan fingerprint density at radius 3 is 3.00 bits per heavy atom. The second kappa shape index (κ2) is 5.10. The summed E-state index contributed by atoms with van der Waals surface area (Å²) in [4.78, 5) is 16.2. The third-order valence-electron chi connectivity index (χ3n) is 4.55. The van der Waals surface area contributed by atoms with Gasteiger partial charge in [0.1, 0.15) is 5.69 Å². The van der Waals surface area contributed by atoms with Gasteiger partial charge in [-0.05, 0) is 43.2 Å². The monoisotopic (exact) mass is 280 g/mol. The van der Waals surface area contributed by atoms with E-state index >= 15 is 0 Å². The van der Waals surface area contributed by atoms with Crippen LogP contribution < -0.4 is 5.32 Å². The normalized spacial score (nSPS) is 32.5. The zero-order chi connectivity index (χ0) is 13.4. The number of halogens is 1. The highest BCUT2D eigenvalue weighted by molar-refractivity contribution is 6.30. The Balaban J connectivity index is 1.73. The number of fused-ring (bicyclic) bond motifs is 2. The Hall–Kier alpha value is -1.13. The molecule has 0 saturated heterocycles. The minimum absolute atomic E-state index is 0.0806. The molecule has 1 aromatic heterocycles. The summed E-state index contributed by atoms with van der Waals surface area (Å²) >= 11 is 5.86. The summed E-state index contributed by atoms with van der Waals surface area (Å²) < 4.78 is 0. The van der Waals surface area contributed by atoms with Crippen LogP contribution in [-0.2, 0) is 0 Å². The lowest BCUT2D eigenvalue weighted by molar-refractivity contribution is 0.0856.